The van der Waals surface area contributed by atoms with E-state index in [9.17, 15) is 4.79 Å². The summed E-state index contributed by atoms with van der Waals surface area (Å²) in [7, 11) is 1.81. The molecule has 0 bridgehead atoms. The molecule has 0 aliphatic carbocycles. The molecule has 2 aliphatic heterocycles. The first-order chi connectivity index (χ1) is 11.1. The quantitative estimate of drug-likeness (QED) is 0.796. The predicted molar refractivity (Wildman–Crippen MR) is 97.8 cm³/mol. The van der Waals surface area contributed by atoms with E-state index in [4.69, 9.17) is 0 Å². The van der Waals surface area contributed by atoms with E-state index in [1.165, 1.54) is 17.5 Å². The first kappa shape index (κ1) is 15.9. The molecule has 0 unspecified atom stereocenters. The van der Waals surface area contributed by atoms with E-state index in [0.29, 0.717) is 11.5 Å². The molecule has 5 heteroatoms. The smallest absolute Gasteiger partial charge is 0.261 e. The molecule has 0 radical (unpaired) electrons. The van der Waals surface area contributed by atoms with Crippen molar-refractivity contribution in [2.45, 2.75) is 19.8 Å². The molecule has 1 aromatic rings. The van der Waals surface area contributed by atoms with Gasteiger partial charge in [-0.3, -0.25) is 4.79 Å². The summed E-state index contributed by atoms with van der Waals surface area (Å²) in [4.78, 5) is 16.6. The van der Waals surface area contributed by atoms with Crippen molar-refractivity contribution in [1.29, 1.82) is 0 Å². The molecule has 120 valence electrons. The number of amides is 1. The molecule has 23 heavy (non-hydrogen) atoms. The number of hydrogen-bond donors (Lipinski definition) is 0. The number of hydrogen-bond acceptors (Lipinski definition) is 4. The number of allylic oxidation sites excluding steroid dienone is 2. The summed E-state index contributed by atoms with van der Waals surface area (Å²) in [6, 6.07) is 8.17. The highest BCUT2D eigenvalue weighted by molar-refractivity contribution is 7.98. The second kappa shape index (κ2) is 6.62. The number of carbonyl (C=O) groups is 1. The molecule has 1 amide bonds. The van der Waals surface area contributed by atoms with Crippen molar-refractivity contribution in [3.05, 3.63) is 53.8 Å². The molecule has 0 saturated heterocycles. The van der Waals surface area contributed by atoms with Crippen LogP contribution in [0.3, 0.4) is 0 Å². The zero-order valence-electron chi connectivity index (χ0n) is 13.7. The van der Waals surface area contributed by atoms with E-state index < -0.39 is 0 Å². The zero-order valence-corrected chi connectivity index (χ0v) is 14.5. The molecule has 2 heterocycles. The van der Waals surface area contributed by atoms with Gasteiger partial charge in [-0.1, -0.05) is 26.0 Å². The van der Waals surface area contributed by atoms with E-state index in [0.717, 1.165) is 23.8 Å². The maximum absolute atomic E-state index is 12.9. The molecule has 0 spiro atoms. The van der Waals surface area contributed by atoms with Crippen LogP contribution in [-0.2, 0) is 4.79 Å². The van der Waals surface area contributed by atoms with Crippen LogP contribution in [0.25, 0.3) is 0 Å². The number of anilines is 1. The molecule has 1 aromatic carbocycles. The number of benzene rings is 1. The fraction of sp³-hybridized carbons (Fsp3) is 0.333. The van der Waals surface area contributed by atoms with Gasteiger partial charge in [0, 0.05) is 31.2 Å². The second-order valence-electron chi connectivity index (χ2n) is 5.97. The van der Waals surface area contributed by atoms with Crippen LogP contribution in [-0.4, -0.2) is 36.0 Å². The maximum atomic E-state index is 12.9. The van der Waals surface area contributed by atoms with Gasteiger partial charge in [0.15, 0.2) is 5.84 Å². The number of nitrogens with zero attached hydrogens (tertiary/aromatic N) is 3. The monoisotopic (exact) mass is 327 g/mol. The minimum atomic E-state index is -0.0297. The van der Waals surface area contributed by atoms with Gasteiger partial charge in [0.25, 0.3) is 5.91 Å². The van der Waals surface area contributed by atoms with Crippen molar-refractivity contribution in [2.75, 3.05) is 24.2 Å². The fourth-order valence-electron chi connectivity index (χ4n) is 2.62. The van der Waals surface area contributed by atoms with Gasteiger partial charge in [0.2, 0.25) is 0 Å². The standard InChI is InChI=1S/C18H21N3OS/c1-13(2)14-6-8-15(9-7-14)20(3)18(22)16-5-4-10-21-11-12-23-19-17(16)21/h4-10,13H,11-12H2,1-3H3. The molecule has 0 aromatic heterocycles. The third-order valence-corrected chi connectivity index (χ3v) is 4.77. The molecular formula is C18H21N3OS. The second-order valence-corrected chi connectivity index (χ2v) is 6.82. The number of rotatable bonds is 3. The lowest BCUT2D eigenvalue weighted by Crippen LogP contribution is -2.40. The maximum Gasteiger partial charge on any atom is 0.261 e. The third kappa shape index (κ3) is 3.20. The van der Waals surface area contributed by atoms with Crippen LogP contribution in [0.4, 0.5) is 5.69 Å². The highest BCUT2D eigenvalue weighted by atomic mass is 32.2. The Morgan fingerprint density at radius 3 is 2.74 bits per heavy atom. The number of carbonyl (C=O) groups excluding carboxylic acids is 1. The van der Waals surface area contributed by atoms with Crippen molar-refractivity contribution in [3.63, 3.8) is 0 Å². The molecule has 0 atom stereocenters. The SMILES string of the molecule is CC(C)c1ccc(N(C)C(=O)C2=CC=CN3CCSN=C23)cc1. The summed E-state index contributed by atoms with van der Waals surface area (Å²) in [6.45, 7) is 5.21. The Hall–Kier alpha value is -2.01. The van der Waals surface area contributed by atoms with Gasteiger partial charge in [-0.05, 0) is 47.7 Å². The first-order valence-corrected chi connectivity index (χ1v) is 8.75. The van der Waals surface area contributed by atoms with Gasteiger partial charge < -0.3 is 9.80 Å². The van der Waals surface area contributed by atoms with Gasteiger partial charge in [-0.15, -0.1) is 0 Å². The largest absolute Gasteiger partial charge is 0.331 e. The van der Waals surface area contributed by atoms with Gasteiger partial charge in [-0.25, -0.2) is 0 Å². The van der Waals surface area contributed by atoms with Crippen molar-refractivity contribution in [1.82, 2.24) is 4.90 Å². The lowest BCUT2D eigenvalue weighted by Gasteiger charge is -2.30. The van der Waals surface area contributed by atoms with Crippen molar-refractivity contribution in [3.8, 4) is 0 Å². The normalized spacial score (nSPS) is 16.8. The summed E-state index contributed by atoms with van der Waals surface area (Å²) < 4.78 is 4.46. The molecule has 4 nitrogen and oxygen atoms in total. The summed E-state index contributed by atoms with van der Waals surface area (Å²) >= 11 is 1.52. The van der Waals surface area contributed by atoms with Crippen molar-refractivity contribution < 1.29 is 4.79 Å². The van der Waals surface area contributed by atoms with Gasteiger partial charge in [0.05, 0.1) is 5.57 Å². The lowest BCUT2D eigenvalue weighted by molar-refractivity contribution is -0.114. The molecule has 2 aliphatic rings. The van der Waals surface area contributed by atoms with Crippen LogP contribution in [0.15, 0.2) is 52.6 Å². The minimum absolute atomic E-state index is 0.0297. The fourth-order valence-corrected chi connectivity index (χ4v) is 3.31. The van der Waals surface area contributed by atoms with E-state index in [2.05, 4.69) is 30.4 Å². The van der Waals surface area contributed by atoms with E-state index in [-0.39, 0.29) is 5.91 Å². The Labute approximate surface area is 141 Å². The molecular weight excluding hydrogens is 306 g/mol. The van der Waals surface area contributed by atoms with E-state index >= 15 is 0 Å². The summed E-state index contributed by atoms with van der Waals surface area (Å²) in [6.07, 6.45) is 5.74. The van der Waals surface area contributed by atoms with E-state index in [1.807, 2.05) is 42.4 Å². The molecule has 0 saturated carbocycles. The number of amidine groups is 1. The van der Waals surface area contributed by atoms with Gasteiger partial charge in [-0.2, -0.15) is 4.40 Å². The zero-order chi connectivity index (χ0) is 16.4. The average molecular weight is 327 g/mol. The Morgan fingerprint density at radius 2 is 2.04 bits per heavy atom. The van der Waals surface area contributed by atoms with Crippen LogP contribution in [0, 0.1) is 0 Å². The Kier molecular flexibility index (Phi) is 4.57. The van der Waals surface area contributed by atoms with Crippen LogP contribution >= 0.6 is 11.9 Å². The van der Waals surface area contributed by atoms with E-state index in [1.54, 1.807) is 4.90 Å². The lowest BCUT2D eigenvalue weighted by atomic mass is 10.0. The topological polar surface area (TPSA) is 35.9 Å². The molecule has 0 N–H and O–H groups in total. The van der Waals surface area contributed by atoms with Gasteiger partial charge >= 0.3 is 0 Å². The first-order valence-electron chi connectivity index (χ1n) is 7.81. The summed E-state index contributed by atoms with van der Waals surface area (Å²) in [5.41, 5.74) is 2.81. The van der Waals surface area contributed by atoms with Crippen LogP contribution in [0.2, 0.25) is 0 Å². The Bertz CT molecular complexity index is 689. The molecule has 0 fully saturated rings. The Balaban J connectivity index is 1.83. The van der Waals surface area contributed by atoms with Gasteiger partial charge in [0.1, 0.15) is 0 Å². The third-order valence-electron chi connectivity index (χ3n) is 4.10. The molecule has 3 rings (SSSR count). The highest BCUT2D eigenvalue weighted by Crippen LogP contribution is 2.24. The summed E-state index contributed by atoms with van der Waals surface area (Å²) in [5.74, 6) is 2.16. The van der Waals surface area contributed by atoms with Crippen molar-refractivity contribution >= 4 is 29.4 Å². The average Bonchev–Trinajstić information content (AvgIpc) is 2.60. The Morgan fingerprint density at radius 1 is 1.30 bits per heavy atom. The highest BCUT2D eigenvalue weighted by Gasteiger charge is 2.27. The minimum Gasteiger partial charge on any atom is -0.331 e. The van der Waals surface area contributed by atoms with Crippen LogP contribution in [0.5, 0.6) is 0 Å². The number of fused-ring (bicyclic) bond motifs is 1. The summed E-state index contributed by atoms with van der Waals surface area (Å²) in [5, 5.41) is 0. The predicted octanol–water partition coefficient (Wildman–Crippen LogP) is 3.59. The van der Waals surface area contributed by atoms with Crippen molar-refractivity contribution in [2.24, 2.45) is 4.40 Å². The number of likely N-dealkylation sites (N-methyl/N-ethyl adjacent to an activating group) is 1. The van der Waals surface area contributed by atoms with Crippen LogP contribution in [0.1, 0.15) is 25.3 Å². The van der Waals surface area contributed by atoms with Crippen LogP contribution < -0.4 is 4.90 Å².